The predicted octanol–water partition coefficient (Wildman–Crippen LogP) is 5.23. The molecule has 0 spiro atoms. The molecule has 4 amide bonds. The molecular formula is C25H18Cl2N2O4. The molecule has 0 bridgehead atoms. The second kappa shape index (κ2) is 9.90. The SMILES string of the molecule is O=C1NC(=O)N(Cc2ccccc2)C(=O)C1=Cc1ccc(OCc2ccc(Cl)cc2Cl)cc1. The van der Waals surface area contributed by atoms with Crippen LogP contribution in [0.1, 0.15) is 16.7 Å². The van der Waals surface area contributed by atoms with Crippen molar-refractivity contribution in [2.45, 2.75) is 13.2 Å². The first-order valence-corrected chi connectivity index (χ1v) is 10.8. The van der Waals surface area contributed by atoms with Gasteiger partial charge in [-0.3, -0.25) is 19.8 Å². The molecule has 0 unspecified atom stereocenters. The van der Waals surface area contributed by atoms with Gasteiger partial charge in [0.1, 0.15) is 17.9 Å². The van der Waals surface area contributed by atoms with Gasteiger partial charge in [0.05, 0.1) is 6.54 Å². The second-order valence-electron chi connectivity index (χ2n) is 7.29. The molecule has 1 N–H and O–H groups in total. The van der Waals surface area contributed by atoms with Crippen molar-refractivity contribution < 1.29 is 19.1 Å². The van der Waals surface area contributed by atoms with Gasteiger partial charge in [0.15, 0.2) is 0 Å². The topological polar surface area (TPSA) is 75.7 Å². The van der Waals surface area contributed by atoms with E-state index in [1.54, 1.807) is 54.6 Å². The maximum atomic E-state index is 12.9. The van der Waals surface area contributed by atoms with Crippen LogP contribution < -0.4 is 10.1 Å². The normalized spacial score (nSPS) is 15.0. The molecule has 1 saturated heterocycles. The molecule has 1 heterocycles. The number of ether oxygens (including phenoxy) is 1. The van der Waals surface area contributed by atoms with Crippen molar-refractivity contribution in [1.82, 2.24) is 10.2 Å². The number of carbonyl (C=O) groups excluding carboxylic acids is 3. The highest BCUT2D eigenvalue weighted by atomic mass is 35.5. The van der Waals surface area contributed by atoms with E-state index in [1.807, 2.05) is 18.2 Å². The van der Waals surface area contributed by atoms with E-state index in [0.29, 0.717) is 21.4 Å². The first kappa shape index (κ1) is 22.6. The zero-order valence-electron chi connectivity index (χ0n) is 17.3. The van der Waals surface area contributed by atoms with Crippen molar-refractivity contribution in [3.05, 3.63) is 105 Å². The van der Waals surface area contributed by atoms with Crippen LogP contribution in [0.2, 0.25) is 10.0 Å². The van der Waals surface area contributed by atoms with E-state index >= 15 is 0 Å². The minimum atomic E-state index is -0.740. The molecule has 0 saturated carbocycles. The number of urea groups is 1. The Morgan fingerprint density at radius 2 is 1.64 bits per heavy atom. The van der Waals surface area contributed by atoms with Crippen LogP contribution in [0, 0.1) is 0 Å². The Morgan fingerprint density at radius 1 is 0.909 bits per heavy atom. The van der Waals surface area contributed by atoms with Crippen molar-refractivity contribution in [3.8, 4) is 5.75 Å². The molecule has 3 aromatic rings. The maximum absolute atomic E-state index is 12.9. The monoisotopic (exact) mass is 480 g/mol. The summed E-state index contributed by atoms with van der Waals surface area (Å²) in [4.78, 5) is 38.4. The summed E-state index contributed by atoms with van der Waals surface area (Å²) in [5.41, 5.74) is 2.06. The predicted molar refractivity (Wildman–Crippen MR) is 126 cm³/mol. The highest BCUT2D eigenvalue weighted by Gasteiger charge is 2.35. The summed E-state index contributed by atoms with van der Waals surface area (Å²) in [7, 11) is 0. The Balaban J connectivity index is 1.47. The van der Waals surface area contributed by atoms with Crippen LogP contribution in [0.25, 0.3) is 6.08 Å². The number of carbonyl (C=O) groups is 3. The van der Waals surface area contributed by atoms with Crippen LogP contribution in [0.5, 0.6) is 5.75 Å². The summed E-state index contributed by atoms with van der Waals surface area (Å²) >= 11 is 12.1. The highest BCUT2D eigenvalue weighted by molar-refractivity contribution is 6.35. The van der Waals surface area contributed by atoms with Crippen LogP contribution in [-0.4, -0.2) is 22.7 Å². The third-order valence-corrected chi connectivity index (χ3v) is 5.56. The number of imide groups is 2. The maximum Gasteiger partial charge on any atom is 0.331 e. The van der Waals surface area contributed by atoms with Crippen molar-refractivity contribution in [1.29, 1.82) is 0 Å². The molecule has 8 heteroatoms. The van der Waals surface area contributed by atoms with Crippen molar-refractivity contribution >= 4 is 47.1 Å². The first-order chi connectivity index (χ1) is 15.9. The molecular weight excluding hydrogens is 463 g/mol. The minimum absolute atomic E-state index is 0.0656. The van der Waals surface area contributed by atoms with Gasteiger partial charge in [0.2, 0.25) is 0 Å². The molecule has 0 aliphatic carbocycles. The second-order valence-corrected chi connectivity index (χ2v) is 8.13. The van der Waals surface area contributed by atoms with Crippen molar-refractivity contribution in [3.63, 3.8) is 0 Å². The highest BCUT2D eigenvalue weighted by Crippen LogP contribution is 2.24. The molecule has 3 aromatic carbocycles. The summed E-state index contributed by atoms with van der Waals surface area (Å²) in [5, 5.41) is 3.28. The Kier molecular flexibility index (Phi) is 6.77. The lowest BCUT2D eigenvalue weighted by Gasteiger charge is -2.26. The molecule has 4 rings (SSSR count). The van der Waals surface area contributed by atoms with Gasteiger partial charge < -0.3 is 4.74 Å². The van der Waals surface area contributed by atoms with E-state index in [4.69, 9.17) is 27.9 Å². The fourth-order valence-corrected chi connectivity index (χ4v) is 3.69. The smallest absolute Gasteiger partial charge is 0.331 e. The number of nitrogens with zero attached hydrogens (tertiary/aromatic N) is 1. The number of hydrogen-bond acceptors (Lipinski definition) is 4. The molecule has 1 aliphatic rings. The van der Waals surface area contributed by atoms with Crippen molar-refractivity contribution in [2.24, 2.45) is 0 Å². The lowest BCUT2D eigenvalue weighted by molar-refractivity contribution is -0.130. The van der Waals surface area contributed by atoms with Crippen LogP contribution in [0.3, 0.4) is 0 Å². The van der Waals surface area contributed by atoms with Gasteiger partial charge in [-0.05, 0) is 41.5 Å². The average Bonchev–Trinajstić information content (AvgIpc) is 2.80. The molecule has 0 aromatic heterocycles. The standard InChI is InChI=1S/C25H18Cl2N2O4/c26-19-9-8-18(22(27)13-19)15-33-20-10-6-16(7-11-20)12-21-23(30)28-25(32)29(24(21)31)14-17-4-2-1-3-5-17/h1-13H,14-15H2,(H,28,30,32). The van der Waals surface area contributed by atoms with E-state index in [0.717, 1.165) is 16.0 Å². The zero-order chi connectivity index (χ0) is 23.4. The van der Waals surface area contributed by atoms with E-state index < -0.39 is 17.8 Å². The van der Waals surface area contributed by atoms with Crippen molar-refractivity contribution in [2.75, 3.05) is 0 Å². The largest absolute Gasteiger partial charge is 0.489 e. The van der Waals surface area contributed by atoms with Gasteiger partial charge in [0.25, 0.3) is 11.8 Å². The third-order valence-electron chi connectivity index (χ3n) is 4.97. The Bertz CT molecular complexity index is 1240. The summed E-state index contributed by atoms with van der Waals surface area (Å²) < 4.78 is 5.75. The summed E-state index contributed by atoms with van der Waals surface area (Å²) in [6, 6.07) is 20.4. The fraction of sp³-hybridized carbons (Fsp3) is 0.0800. The van der Waals surface area contributed by atoms with Gasteiger partial charge >= 0.3 is 6.03 Å². The van der Waals surface area contributed by atoms with E-state index in [1.165, 1.54) is 6.08 Å². The van der Waals surface area contributed by atoms with E-state index in [-0.39, 0.29) is 18.7 Å². The average molecular weight is 481 g/mol. The van der Waals surface area contributed by atoms with Gasteiger partial charge in [0, 0.05) is 15.6 Å². The molecule has 1 aliphatic heterocycles. The zero-order valence-corrected chi connectivity index (χ0v) is 18.8. The van der Waals surface area contributed by atoms with Crippen LogP contribution in [-0.2, 0) is 22.7 Å². The molecule has 0 atom stereocenters. The molecule has 0 radical (unpaired) electrons. The lowest BCUT2D eigenvalue weighted by atomic mass is 10.1. The number of barbiturate groups is 1. The first-order valence-electron chi connectivity index (χ1n) is 10.0. The number of halogens is 2. The number of benzene rings is 3. The molecule has 1 fully saturated rings. The Labute approximate surface area is 200 Å². The molecule has 166 valence electrons. The molecule has 33 heavy (non-hydrogen) atoms. The van der Waals surface area contributed by atoms with E-state index in [9.17, 15) is 14.4 Å². The van der Waals surface area contributed by atoms with Gasteiger partial charge in [-0.2, -0.15) is 0 Å². The summed E-state index contributed by atoms with van der Waals surface area (Å²) in [6.07, 6.45) is 1.45. The van der Waals surface area contributed by atoms with Gasteiger partial charge in [-0.15, -0.1) is 0 Å². The van der Waals surface area contributed by atoms with Crippen LogP contribution in [0.4, 0.5) is 4.79 Å². The Morgan fingerprint density at radius 3 is 2.33 bits per heavy atom. The van der Waals surface area contributed by atoms with Crippen LogP contribution >= 0.6 is 23.2 Å². The van der Waals surface area contributed by atoms with Gasteiger partial charge in [-0.25, -0.2) is 4.79 Å². The number of rotatable bonds is 6. The van der Waals surface area contributed by atoms with Crippen LogP contribution in [0.15, 0.2) is 78.4 Å². The van der Waals surface area contributed by atoms with E-state index in [2.05, 4.69) is 5.32 Å². The quantitative estimate of drug-likeness (QED) is 0.386. The lowest BCUT2D eigenvalue weighted by Crippen LogP contribution is -2.53. The Hall–Kier alpha value is -3.61. The van der Waals surface area contributed by atoms with Gasteiger partial charge in [-0.1, -0.05) is 71.7 Å². The number of hydrogen-bond donors (Lipinski definition) is 1. The third kappa shape index (κ3) is 5.42. The number of nitrogens with one attached hydrogen (secondary N) is 1. The number of amides is 4. The summed E-state index contributed by atoms with van der Waals surface area (Å²) in [5.74, 6) is -0.791. The molecule has 6 nitrogen and oxygen atoms in total. The minimum Gasteiger partial charge on any atom is -0.489 e. The summed E-state index contributed by atoms with van der Waals surface area (Å²) in [6.45, 7) is 0.323. The fourth-order valence-electron chi connectivity index (χ4n) is 3.23.